The lowest BCUT2D eigenvalue weighted by Gasteiger charge is -2.22. The predicted molar refractivity (Wildman–Crippen MR) is 112 cm³/mol. The van der Waals surface area contributed by atoms with Crippen LogP contribution >= 0.6 is 22.9 Å². The predicted octanol–water partition coefficient (Wildman–Crippen LogP) is 4.33. The molecule has 0 saturated carbocycles. The van der Waals surface area contributed by atoms with Gasteiger partial charge in [-0.3, -0.25) is 14.4 Å². The Kier molecular flexibility index (Phi) is 6.14. The van der Waals surface area contributed by atoms with Gasteiger partial charge in [-0.1, -0.05) is 29.0 Å². The Hall–Kier alpha value is -1.96. The number of nitrogens with zero attached hydrogens (tertiary/aromatic N) is 5. The topological polar surface area (TPSA) is 54.3 Å². The molecular weight excluding hydrogens is 382 g/mol. The van der Waals surface area contributed by atoms with Crippen LogP contribution in [-0.2, 0) is 0 Å². The maximum absolute atomic E-state index is 13.4. The minimum absolute atomic E-state index is 0.0878. The summed E-state index contributed by atoms with van der Waals surface area (Å²) in [7, 11) is 4.05. The zero-order chi connectivity index (χ0) is 19.6. The Balaban J connectivity index is 1.97. The van der Waals surface area contributed by atoms with E-state index in [1.165, 1.54) is 11.3 Å². The molecule has 144 valence electrons. The van der Waals surface area contributed by atoms with Crippen molar-refractivity contribution >= 4 is 44.2 Å². The van der Waals surface area contributed by atoms with Crippen molar-refractivity contribution in [1.82, 2.24) is 19.7 Å². The summed E-state index contributed by atoms with van der Waals surface area (Å²) >= 11 is 7.77. The molecule has 0 bridgehead atoms. The zero-order valence-corrected chi connectivity index (χ0v) is 17.6. The number of halogens is 1. The van der Waals surface area contributed by atoms with Gasteiger partial charge in [-0.15, -0.1) is 0 Å². The molecule has 8 heteroatoms. The Bertz CT molecular complexity index is 933. The molecule has 0 atom stereocenters. The Morgan fingerprint density at radius 3 is 2.70 bits per heavy atom. The van der Waals surface area contributed by atoms with Gasteiger partial charge in [0.1, 0.15) is 11.2 Å². The van der Waals surface area contributed by atoms with Crippen molar-refractivity contribution in [3.8, 4) is 0 Å². The van der Waals surface area contributed by atoms with Gasteiger partial charge in [0.05, 0.1) is 9.72 Å². The van der Waals surface area contributed by atoms with Crippen LogP contribution in [0.1, 0.15) is 36.8 Å². The number of hydrogen-bond acceptors (Lipinski definition) is 5. The highest BCUT2D eigenvalue weighted by atomic mass is 35.5. The highest BCUT2D eigenvalue weighted by Crippen LogP contribution is 2.33. The Morgan fingerprint density at radius 2 is 2.04 bits per heavy atom. The van der Waals surface area contributed by atoms with Gasteiger partial charge < -0.3 is 4.90 Å². The fourth-order valence-corrected chi connectivity index (χ4v) is 4.17. The standard InChI is InChI=1S/C19H24ClN5OS/c1-13(2)25-15(9-10-21-25)18(26)24(12-6-11-23(3)4)19-22-17-14(20)7-5-8-16(17)27-19/h5,7-10,13H,6,11-12H2,1-4H3. The van der Waals surface area contributed by atoms with Gasteiger partial charge >= 0.3 is 0 Å². The number of carbonyl (C=O) groups is 1. The van der Waals surface area contributed by atoms with Crippen molar-refractivity contribution in [2.24, 2.45) is 0 Å². The van der Waals surface area contributed by atoms with E-state index in [0.29, 0.717) is 22.4 Å². The number of anilines is 1. The molecule has 1 amide bonds. The number of benzene rings is 1. The summed E-state index contributed by atoms with van der Waals surface area (Å²) in [6, 6.07) is 7.57. The Labute approximate surface area is 168 Å². The molecule has 0 aliphatic rings. The van der Waals surface area contributed by atoms with Gasteiger partial charge in [0.15, 0.2) is 5.13 Å². The molecule has 0 spiro atoms. The van der Waals surface area contributed by atoms with Crippen molar-refractivity contribution in [1.29, 1.82) is 0 Å². The van der Waals surface area contributed by atoms with Gasteiger partial charge in [-0.05, 0) is 59.1 Å². The van der Waals surface area contributed by atoms with Gasteiger partial charge in [0, 0.05) is 18.8 Å². The molecule has 3 rings (SSSR count). The lowest BCUT2D eigenvalue weighted by molar-refractivity contribution is 0.0974. The molecule has 0 aliphatic carbocycles. The molecular formula is C19H24ClN5OS. The van der Waals surface area contributed by atoms with E-state index in [1.807, 2.05) is 46.1 Å². The van der Waals surface area contributed by atoms with E-state index in [2.05, 4.69) is 15.0 Å². The summed E-state index contributed by atoms with van der Waals surface area (Å²) < 4.78 is 2.72. The van der Waals surface area contributed by atoms with Crippen molar-refractivity contribution in [3.63, 3.8) is 0 Å². The number of fused-ring (bicyclic) bond motifs is 1. The number of hydrogen-bond donors (Lipinski definition) is 0. The third-order valence-electron chi connectivity index (χ3n) is 4.20. The highest BCUT2D eigenvalue weighted by Gasteiger charge is 2.25. The van der Waals surface area contributed by atoms with Gasteiger partial charge in [-0.2, -0.15) is 5.10 Å². The number of amides is 1. The molecule has 3 aromatic rings. The normalized spacial score (nSPS) is 11.7. The summed E-state index contributed by atoms with van der Waals surface area (Å²) in [4.78, 5) is 21.9. The molecule has 0 unspecified atom stereocenters. The van der Waals surface area contributed by atoms with Crippen LogP contribution in [0.15, 0.2) is 30.5 Å². The maximum Gasteiger partial charge on any atom is 0.278 e. The largest absolute Gasteiger partial charge is 0.309 e. The highest BCUT2D eigenvalue weighted by molar-refractivity contribution is 7.22. The van der Waals surface area contributed by atoms with Crippen LogP contribution in [-0.4, -0.2) is 52.8 Å². The van der Waals surface area contributed by atoms with E-state index >= 15 is 0 Å². The average Bonchev–Trinajstić information content (AvgIpc) is 3.25. The molecule has 2 heterocycles. The first-order valence-electron chi connectivity index (χ1n) is 8.93. The lowest BCUT2D eigenvalue weighted by atomic mass is 10.3. The van der Waals surface area contributed by atoms with Gasteiger partial charge in [-0.25, -0.2) is 4.98 Å². The molecule has 0 aliphatic heterocycles. The van der Waals surface area contributed by atoms with Crippen molar-refractivity contribution < 1.29 is 4.79 Å². The second-order valence-corrected chi connectivity index (χ2v) is 8.37. The van der Waals surface area contributed by atoms with Crippen LogP contribution in [0.4, 0.5) is 5.13 Å². The van der Waals surface area contributed by atoms with E-state index in [-0.39, 0.29) is 11.9 Å². The van der Waals surface area contributed by atoms with Gasteiger partial charge in [0.2, 0.25) is 0 Å². The van der Waals surface area contributed by atoms with Crippen LogP contribution in [0.5, 0.6) is 0 Å². The van der Waals surface area contributed by atoms with Crippen LogP contribution in [0.2, 0.25) is 5.02 Å². The van der Waals surface area contributed by atoms with Crippen molar-refractivity contribution in [2.45, 2.75) is 26.3 Å². The second-order valence-electron chi connectivity index (χ2n) is 6.95. The fraction of sp³-hybridized carbons (Fsp3) is 0.421. The first-order chi connectivity index (χ1) is 12.9. The quantitative estimate of drug-likeness (QED) is 0.587. The molecule has 6 nitrogen and oxygen atoms in total. The smallest absolute Gasteiger partial charge is 0.278 e. The zero-order valence-electron chi connectivity index (χ0n) is 16.0. The van der Waals surface area contributed by atoms with E-state index in [4.69, 9.17) is 11.6 Å². The first kappa shape index (κ1) is 19.8. The summed E-state index contributed by atoms with van der Waals surface area (Å²) in [5.41, 5.74) is 1.31. The first-order valence-corrected chi connectivity index (χ1v) is 10.1. The van der Waals surface area contributed by atoms with Crippen LogP contribution in [0.3, 0.4) is 0 Å². The van der Waals surface area contributed by atoms with E-state index in [1.54, 1.807) is 21.8 Å². The van der Waals surface area contributed by atoms with Crippen LogP contribution in [0, 0.1) is 0 Å². The third kappa shape index (κ3) is 4.31. The van der Waals surface area contributed by atoms with Crippen molar-refractivity contribution in [2.75, 3.05) is 32.1 Å². The lowest BCUT2D eigenvalue weighted by Crippen LogP contribution is -2.35. The van der Waals surface area contributed by atoms with Gasteiger partial charge in [0.25, 0.3) is 5.91 Å². The van der Waals surface area contributed by atoms with E-state index in [0.717, 1.165) is 23.2 Å². The Morgan fingerprint density at radius 1 is 1.26 bits per heavy atom. The monoisotopic (exact) mass is 405 g/mol. The van der Waals surface area contributed by atoms with E-state index < -0.39 is 0 Å². The summed E-state index contributed by atoms with van der Waals surface area (Å²) in [5, 5.41) is 5.57. The summed E-state index contributed by atoms with van der Waals surface area (Å²) in [6.07, 6.45) is 2.51. The maximum atomic E-state index is 13.4. The third-order valence-corrected chi connectivity index (χ3v) is 5.55. The average molecular weight is 406 g/mol. The number of para-hydroxylation sites is 1. The van der Waals surface area contributed by atoms with Crippen LogP contribution < -0.4 is 4.90 Å². The summed E-state index contributed by atoms with van der Waals surface area (Å²) in [5.74, 6) is -0.0878. The van der Waals surface area contributed by atoms with E-state index in [9.17, 15) is 4.79 Å². The molecule has 0 N–H and O–H groups in total. The molecule has 2 aromatic heterocycles. The van der Waals surface area contributed by atoms with Crippen LogP contribution in [0.25, 0.3) is 10.2 Å². The number of thiazole rings is 1. The molecule has 0 fully saturated rings. The number of aromatic nitrogens is 3. The molecule has 27 heavy (non-hydrogen) atoms. The molecule has 0 radical (unpaired) electrons. The van der Waals surface area contributed by atoms with Crippen molar-refractivity contribution in [3.05, 3.63) is 41.2 Å². The summed E-state index contributed by atoms with van der Waals surface area (Å²) in [6.45, 7) is 5.49. The SMILES string of the molecule is CC(C)n1nccc1C(=O)N(CCCN(C)C)c1nc2c(Cl)cccc2s1. The minimum Gasteiger partial charge on any atom is -0.309 e. The molecule has 1 aromatic carbocycles. The number of carbonyl (C=O) groups excluding carboxylic acids is 1. The number of rotatable bonds is 7. The fourth-order valence-electron chi connectivity index (χ4n) is 2.88. The second kappa shape index (κ2) is 8.37. The minimum atomic E-state index is -0.0878. The molecule has 0 saturated heterocycles.